The normalized spacial score (nSPS) is 21.0. The molecule has 8 heteroatoms. The highest BCUT2D eigenvalue weighted by molar-refractivity contribution is 7.15. The van der Waals surface area contributed by atoms with Crippen molar-refractivity contribution in [2.75, 3.05) is 18.5 Å². The molecule has 0 bridgehead atoms. The van der Waals surface area contributed by atoms with Crippen LogP contribution in [0.25, 0.3) is 0 Å². The summed E-state index contributed by atoms with van der Waals surface area (Å²) in [4.78, 5) is 24.9. The number of amides is 1. The topological polar surface area (TPSA) is 67.4 Å². The highest BCUT2D eigenvalue weighted by Gasteiger charge is 2.26. The van der Waals surface area contributed by atoms with Gasteiger partial charge in [0.1, 0.15) is 6.10 Å². The third kappa shape index (κ3) is 3.51. The molecule has 2 aromatic heterocycles. The Morgan fingerprint density at radius 1 is 1.50 bits per heavy atom. The highest BCUT2D eigenvalue weighted by atomic mass is 32.1. The summed E-state index contributed by atoms with van der Waals surface area (Å²) in [6, 6.07) is 0. The molecule has 128 valence electrons. The molecule has 0 radical (unpaired) electrons. The molecule has 4 heterocycles. The van der Waals surface area contributed by atoms with Gasteiger partial charge < -0.3 is 4.74 Å². The summed E-state index contributed by atoms with van der Waals surface area (Å²) in [5.74, 6) is -0.0617. The molecule has 1 saturated heterocycles. The Labute approximate surface area is 148 Å². The number of aromatic nitrogens is 2. The van der Waals surface area contributed by atoms with Crippen molar-refractivity contribution in [1.82, 2.24) is 14.9 Å². The first kappa shape index (κ1) is 16.1. The maximum Gasteiger partial charge on any atom is 0.255 e. The fourth-order valence-corrected chi connectivity index (χ4v) is 4.77. The first-order chi connectivity index (χ1) is 11.7. The van der Waals surface area contributed by atoms with E-state index in [4.69, 9.17) is 4.74 Å². The molecule has 2 aliphatic rings. The number of carbonyl (C=O) groups excluding carboxylic acids is 1. The summed E-state index contributed by atoms with van der Waals surface area (Å²) >= 11 is 3.28. The standard InChI is InChI=1S/C16H20N4O2S2/c1-10-17-11(9-23-10)7-20-5-4-12-14(8-20)24-16(18-12)19-15(21)13-3-2-6-22-13/h9,13H,2-8H2,1H3,(H,18,19,21). The van der Waals surface area contributed by atoms with Gasteiger partial charge in [0.05, 0.1) is 16.4 Å². The molecule has 4 rings (SSSR count). The molecule has 1 amide bonds. The van der Waals surface area contributed by atoms with E-state index in [1.54, 1.807) is 22.7 Å². The Hall–Kier alpha value is -1.35. The van der Waals surface area contributed by atoms with Crippen molar-refractivity contribution in [3.8, 4) is 0 Å². The van der Waals surface area contributed by atoms with Crippen molar-refractivity contribution in [3.05, 3.63) is 26.7 Å². The quantitative estimate of drug-likeness (QED) is 0.903. The van der Waals surface area contributed by atoms with Crippen molar-refractivity contribution < 1.29 is 9.53 Å². The van der Waals surface area contributed by atoms with E-state index >= 15 is 0 Å². The zero-order valence-corrected chi connectivity index (χ0v) is 15.2. The lowest BCUT2D eigenvalue weighted by Gasteiger charge is -2.24. The van der Waals surface area contributed by atoms with E-state index < -0.39 is 0 Å². The van der Waals surface area contributed by atoms with Gasteiger partial charge in [0.25, 0.3) is 5.91 Å². The van der Waals surface area contributed by atoms with Crippen LogP contribution < -0.4 is 5.32 Å². The van der Waals surface area contributed by atoms with E-state index in [9.17, 15) is 4.79 Å². The Morgan fingerprint density at radius 2 is 2.42 bits per heavy atom. The van der Waals surface area contributed by atoms with Crippen LogP contribution in [0.4, 0.5) is 5.13 Å². The molecule has 2 aliphatic heterocycles. The van der Waals surface area contributed by atoms with Crippen LogP contribution in [-0.4, -0.2) is 40.0 Å². The fourth-order valence-electron chi connectivity index (χ4n) is 3.12. The molecule has 6 nitrogen and oxygen atoms in total. The number of anilines is 1. The van der Waals surface area contributed by atoms with Crippen LogP contribution in [0.1, 0.15) is 34.1 Å². The Bertz CT molecular complexity index is 736. The summed E-state index contributed by atoms with van der Waals surface area (Å²) in [6.45, 7) is 5.44. The Balaban J connectivity index is 1.39. The summed E-state index contributed by atoms with van der Waals surface area (Å²) < 4.78 is 5.43. The smallest absolute Gasteiger partial charge is 0.255 e. The van der Waals surface area contributed by atoms with Crippen molar-refractivity contribution in [1.29, 1.82) is 0 Å². The number of aryl methyl sites for hydroxylation is 1. The van der Waals surface area contributed by atoms with Crippen LogP contribution in [-0.2, 0) is 29.0 Å². The van der Waals surface area contributed by atoms with Gasteiger partial charge in [0.2, 0.25) is 0 Å². The second-order valence-electron chi connectivity index (χ2n) is 6.20. The number of thiazole rings is 2. The predicted octanol–water partition coefficient (Wildman–Crippen LogP) is 2.58. The molecule has 1 unspecified atom stereocenters. The summed E-state index contributed by atoms with van der Waals surface area (Å²) in [6.07, 6.45) is 2.37. The molecule has 24 heavy (non-hydrogen) atoms. The number of carbonyl (C=O) groups is 1. The van der Waals surface area contributed by atoms with E-state index in [-0.39, 0.29) is 12.0 Å². The Kier molecular flexibility index (Phi) is 4.62. The number of fused-ring (bicyclic) bond motifs is 1. The van der Waals surface area contributed by atoms with E-state index in [1.807, 2.05) is 6.92 Å². The number of nitrogens with one attached hydrogen (secondary N) is 1. The molecular weight excluding hydrogens is 344 g/mol. The summed E-state index contributed by atoms with van der Waals surface area (Å²) in [5, 5.41) is 6.86. The molecule has 2 aromatic rings. The molecule has 0 aliphatic carbocycles. The molecule has 1 atom stereocenters. The fraction of sp³-hybridized carbons (Fsp3) is 0.562. The second kappa shape index (κ2) is 6.87. The van der Waals surface area contributed by atoms with Gasteiger partial charge in [0, 0.05) is 42.9 Å². The lowest BCUT2D eigenvalue weighted by molar-refractivity contribution is -0.124. The average Bonchev–Trinajstić information content (AvgIpc) is 3.27. The zero-order valence-electron chi connectivity index (χ0n) is 13.6. The van der Waals surface area contributed by atoms with Gasteiger partial charge in [-0.15, -0.1) is 22.7 Å². The van der Waals surface area contributed by atoms with Crippen molar-refractivity contribution in [2.24, 2.45) is 0 Å². The van der Waals surface area contributed by atoms with Gasteiger partial charge in [-0.2, -0.15) is 0 Å². The van der Waals surface area contributed by atoms with Crippen molar-refractivity contribution in [2.45, 2.75) is 45.4 Å². The minimum atomic E-state index is -0.310. The number of rotatable bonds is 4. The molecule has 0 aromatic carbocycles. The van der Waals surface area contributed by atoms with E-state index in [2.05, 4.69) is 25.6 Å². The van der Waals surface area contributed by atoms with Gasteiger partial charge in [-0.25, -0.2) is 9.97 Å². The summed E-state index contributed by atoms with van der Waals surface area (Å²) in [7, 11) is 0. The number of hydrogen-bond acceptors (Lipinski definition) is 7. The highest BCUT2D eigenvalue weighted by Crippen LogP contribution is 2.29. The number of nitrogens with zero attached hydrogens (tertiary/aromatic N) is 3. The van der Waals surface area contributed by atoms with Crippen molar-refractivity contribution >= 4 is 33.7 Å². The average molecular weight is 364 g/mol. The molecular formula is C16H20N4O2S2. The monoisotopic (exact) mass is 364 g/mol. The van der Waals surface area contributed by atoms with Crippen LogP contribution in [0.3, 0.4) is 0 Å². The minimum absolute atomic E-state index is 0.0617. The van der Waals surface area contributed by atoms with Gasteiger partial charge in [0.15, 0.2) is 5.13 Å². The number of hydrogen-bond donors (Lipinski definition) is 1. The van der Waals surface area contributed by atoms with Gasteiger partial charge >= 0.3 is 0 Å². The van der Waals surface area contributed by atoms with Crippen LogP contribution in [0.15, 0.2) is 5.38 Å². The summed E-state index contributed by atoms with van der Waals surface area (Å²) in [5.41, 5.74) is 2.26. The molecule has 0 saturated carbocycles. The largest absolute Gasteiger partial charge is 0.368 e. The van der Waals surface area contributed by atoms with Crippen LogP contribution in [0.2, 0.25) is 0 Å². The Morgan fingerprint density at radius 3 is 3.17 bits per heavy atom. The van der Waals surface area contributed by atoms with Gasteiger partial charge in [-0.05, 0) is 19.8 Å². The van der Waals surface area contributed by atoms with Crippen molar-refractivity contribution in [3.63, 3.8) is 0 Å². The molecule has 1 fully saturated rings. The van der Waals surface area contributed by atoms with E-state index in [1.165, 1.54) is 4.88 Å². The lowest BCUT2D eigenvalue weighted by Crippen LogP contribution is -2.29. The zero-order chi connectivity index (χ0) is 16.5. The maximum absolute atomic E-state index is 12.1. The third-order valence-corrected chi connectivity index (χ3v) is 6.13. The minimum Gasteiger partial charge on any atom is -0.368 e. The van der Waals surface area contributed by atoms with Crippen LogP contribution in [0.5, 0.6) is 0 Å². The number of ether oxygens (including phenoxy) is 1. The predicted molar refractivity (Wildman–Crippen MR) is 94.4 cm³/mol. The first-order valence-electron chi connectivity index (χ1n) is 8.22. The maximum atomic E-state index is 12.1. The third-order valence-electron chi connectivity index (χ3n) is 4.31. The van der Waals surface area contributed by atoms with Crippen LogP contribution in [0, 0.1) is 6.92 Å². The SMILES string of the molecule is Cc1nc(CN2CCc3nc(NC(=O)C4CCCO4)sc3C2)cs1. The molecule has 1 N–H and O–H groups in total. The lowest BCUT2D eigenvalue weighted by atomic mass is 10.2. The first-order valence-corrected chi connectivity index (χ1v) is 9.91. The molecule has 0 spiro atoms. The van der Waals surface area contributed by atoms with Gasteiger partial charge in [-0.1, -0.05) is 0 Å². The van der Waals surface area contributed by atoms with Gasteiger partial charge in [-0.3, -0.25) is 15.0 Å². The van der Waals surface area contributed by atoms with E-state index in [0.29, 0.717) is 11.7 Å². The van der Waals surface area contributed by atoms with Crippen LogP contribution >= 0.6 is 22.7 Å². The second-order valence-corrected chi connectivity index (χ2v) is 8.34. The van der Waals surface area contributed by atoms with E-state index in [0.717, 1.165) is 55.3 Å².